The van der Waals surface area contributed by atoms with Gasteiger partial charge < -0.3 is 4.90 Å². The van der Waals surface area contributed by atoms with Gasteiger partial charge in [0, 0.05) is 13.0 Å². The van der Waals surface area contributed by atoms with Gasteiger partial charge in [-0.2, -0.15) is 0 Å². The summed E-state index contributed by atoms with van der Waals surface area (Å²) in [6.45, 7) is 4.09. The van der Waals surface area contributed by atoms with Crippen molar-refractivity contribution in [1.82, 2.24) is 4.90 Å². The van der Waals surface area contributed by atoms with Crippen LogP contribution in [-0.4, -0.2) is 37.1 Å². The Bertz CT molecular complexity index is 490. The van der Waals surface area contributed by atoms with Gasteiger partial charge in [0.2, 0.25) is 0 Å². The first-order valence-electron chi connectivity index (χ1n) is 6.37. The van der Waals surface area contributed by atoms with Crippen LogP contribution < -0.4 is 0 Å². The van der Waals surface area contributed by atoms with Crippen molar-refractivity contribution in [2.75, 3.05) is 20.6 Å². The maximum Gasteiger partial charge on any atom is 0.167 e. The lowest BCUT2D eigenvalue weighted by molar-refractivity contribution is -0.120. The molecule has 1 rings (SSSR count). The average Bonchev–Trinajstić information content (AvgIpc) is 2.34. The van der Waals surface area contributed by atoms with E-state index in [0.717, 1.165) is 11.1 Å². The van der Waals surface area contributed by atoms with Gasteiger partial charge in [-0.05, 0) is 39.6 Å². The van der Waals surface area contributed by atoms with E-state index in [0.29, 0.717) is 13.0 Å². The van der Waals surface area contributed by atoms with E-state index < -0.39 is 0 Å². The van der Waals surface area contributed by atoms with Gasteiger partial charge >= 0.3 is 0 Å². The number of aryl methyl sites for hydroxylation is 1. The average molecular weight is 296 g/mol. The van der Waals surface area contributed by atoms with Crippen molar-refractivity contribution in [2.24, 2.45) is 0 Å². The third kappa shape index (κ3) is 6.13. The molecule has 1 aromatic rings. The number of ketones is 2. The van der Waals surface area contributed by atoms with Gasteiger partial charge in [0.05, 0.1) is 5.57 Å². The molecule has 4 heteroatoms. The predicted octanol–water partition coefficient (Wildman–Crippen LogP) is 2.91. The molecule has 0 atom stereocenters. The molecule has 0 saturated carbocycles. The molecule has 0 bridgehead atoms. The summed E-state index contributed by atoms with van der Waals surface area (Å²) in [7, 11) is 3.81. The highest BCUT2D eigenvalue weighted by Crippen LogP contribution is 2.11. The summed E-state index contributed by atoms with van der Waals surface area (Å²) >= 11 is 0. The van der Waals surface area contributed by atoms with Crippen molar-refractivity contribution >= 4 is 30.0 Å². The fourth-order valence-corrected chi connectivity index (χ4v) is 1.67. The third-order valence-corrected chi connectivity index (χ3v) is 2.85. The molecule has 0 aromatic heterocycles. The lowest BCUT2D eigenvalue weighted by Gasteiger charge is -2.09. The molecule has 0 N–H and O–H groups in total. The van der Waals surface area contributed by atoms with Crippen LogP contribution in [0.2, 0.25) is 0 Å². The van der Waals surface area contributed by atoms with Gasteiger partial charge in [0.25, 0.3) is 0 Å². The summed E-state index contributed by atoms with van der Waals surface area (Å²) in [5.41, 5.74) is 2.32. The molecule has 0 aliphatic heterocycles. The first-order chi connectivity index (χ1) is 8.90. The summed E-state index contributed by atoms with van der Waals surface area (Å²) < 4.78 is 0. The number of carbonyl (C=O) groups excluding carboxylic acids is 2. The van der Waals surface area contributed by atoms with E-state index in [-0.39, 0.29) is 29.5 Å². The third-order valence-electron chi connectivity index (χ3n) is 2.85. The monoisotopic (exact) mass is 295 g/mol. The van der Waals surface area contributed by atoms with Crippen molar-refractivity contribution in [3.63, 3.8) is 0 Å². The van der Waals surface area contributed by atoms with Gasteiger partial charge in [-0.1, -0.05) is 29.8 Å². The maximum atomic E-state index is 12.0. The Balaban J connectivity index is 0.00000361. The van der Waals surface area contributed by atoms with Crippen LogP contribution >= 0.6 is 12.4 Å². The van der Waals surface area contributed by atoms with Gasteiger partial charge in [-0.15, -0.1) is 12.4 Å². The number of Topliss-reactive ketones (excluding diaryl/α,β-unsaturated/α-hetero) is 2. The zero-order chi connectivity index (χ0) is 14.4. The summed E-state index contributed by atoms with van der Waals surface area (Å²) in [4.78, 5) is 25.6. The lowest BCUT2D eigenvalue weighted by atomic mass is 10.0. The van der Waals surface area contributed by atoms with Crippen LogP contribution in [0.3, 0.4) is 0 Å². The Hall–Kier alpha value is -1.45. The van der Waals surface area contributed by atoms with Gasteiger partial charge in [-0.25, -0.2) is 0 Å². The van der Waals surface area contributed by atoms with E-state index in [1.165, 1.54) is 6.92 Å². The second-order valence-corrected chi connectivity index (χ2v) is 5.00. The number of rotatable bonds is 6. The Morgan fingerprint density at radius 3 is 2.15 bits per heavy atom. The molecule has 0 saturated heterocycles. The fourth-order valence-electron chi connectivity index (χ4n) is 1.67. The highest BCUT2D eigenvalue weighted by Gasteiger charge is 2.14. The predicted molar refractivity (Wildman–Crippen MR) is 85.3 cm³/mol. The molecular formula is C16H22ClNO2. The number of allylic oxidation sites excluding steroid dienone is 1. The molecule has 0 unspecified atom stereocenters. The van der Waals surface area contributed by atoms with Crippen molar-refractivity contribution in [1.29, 1.82) is 0 Å². The number of nitrogens with zero attached hydrogens (tertiary/aromatic N) is 1. The zero-order valence-electron chi connectivity index (χ0n) is 12.5. The van der Waals surface area contributed by atoms with Crippen LogP contribution in [0.25, 0.3) is 6.08 Å². The Kier molecular flexibility index (Phi) is 8.04. The van der Waals surface area contributed by atoms with E-state index in [1.54, 1.807) is 6.08 Å². The number of hydrogen-bond donors (Lipinski definition) is 0. The molecule has 0 radical (unpaired) electrons. The van der Waals surface area contributed by atoms with Crippen LogP contribution in [-0.2, 0) is 9.59 Å². The minimum Gasteiger partial charge on any atom is -0.309 e. The molecule has 3 nitrogen and oxygen atoms in total. The first kappa shape index (κ1) is 18.6. The van der Waals surface area contributed by atoms with Crippen LogP contribution in [0.5, 0.6) is 0 Å². The molecule has 0 fully saturated rings. The number of hydrogen-bond acceptors (Lipinski definition) is 3. The highest BCUT2D eigenvalue weighted by atomic mass is 35.5. The van der Waals surface area contributed by atoms with Crippen LogP contribution in [0.4, 0.5) is 0 Å². The lowest BCUT2D eigenvalue weighted by Crippen LogP contribution is -2.19. The summed E-state index contributed by atoms with van der Waals surface area (Å²) in [5, 5.41) is 0. The molecule has 0 aliphatic rings. The summed E-state index contributed by atoms with van der Waals surface area (Å²) in [6, 6.07) is 7.76. The highest BCUT2D eigenvalue weighted by molar-refractivity contribution is 6.22. The second kappa shape index (κ2) is 8.67. The van der Waals surface area contributed by atoms with E-state index in [1.807, 2.05) is 50.2 Å². The van der Waals surface area contributed by atoms with E-state index in [4.69, 9.17) is 0 Å². The fraction of sp³-hybridized carbons (Fsp3) is 0.375. The van der Waals surface area contributed by atoms with Crippen molar-refractivity contribution in [3.8, 4) is 0 Å². The summed E-state index contributed by atoms with van der Waals surface area (Å²) in [6.07, 6.45) is 2.05. The number of carbonyl (C=O) groups is 2. The molecule has 0 heterocycles. The maximum absolute atomic E-state index is 12.0. The van der Waals surface area contributed by atoms with Crippen LogP contribution in [0.1, 0.15) is 24.5 Å². The molecule has 0 spiro atoms. The standard InChI is InChI=1S/C16H21NO2.ClH/c1-12-5-7-14(8-6-12)11-15(13(2)18)16(19)9-10-17(3)4;/h5-8,11H,9-10H2,1-4H3;1H/b15-11+;. The largest absolute Gasteiger partial charge is 0.309 e. The molecular weight excluding hydrogens is 274 g/mol. The van der Waals surface area contributed by atoms with Gasteiger partial charge in [0.15, 0.2) is 11.6 Å². The molecule has 1 aromatic carbocycles. The van der Waals surface area contributed by atoms with Gasteiger partial charge in [0.1, 0.15) is 0 Å². The second-order valence-electron chi connectivity index (χ2n) is 5.00. The minimum atomic E-state index is -0.177. The Labute approximate surface area is 127 Å². The van der Waals surface area contributed by atoms with E-state index in [2.05, 4.69) is 0 Å². The molecule has 20 heavy (non-hydrogen) atoms. The first-order valence-corrected chi connectivity index (χ1v) is 6.37. The van der Waals surface area contributed by atoms with Crippen molar-refractivity contribution in [3.05, 3.63) is 41.0 Å². The van der Waals surface area contributed by atoms with Crippen LogP contribution in [0.15, 0.2) is 29.8 Å². The molecule has 110 valence electrons. The Morgan fingerprint density at radius 2 is 1.70 bits per heavy atom. The van der Waals surface area contributed by atoms with Crippen molar-refractivity contribution < 1.29 is 9.59 Å². The van der Waals surface area contributed by atoms with Crippen LogP contribution in [0, 0.1) is 6.92 Å². The van der Waals surface area contributed by atoms with Gasteiger partial charge in [-0.3, -0.25) is 9.59 Å². The van der Waals surface area contributed by atoms with E-state index in [9.17, 15) is 9.59 Å². The molecule has 0 aliphatic carbocycles. The van der Waals surface area contributed by atoms with Crippen molar-refractivity contribution in [2.45, 2.75) is 20.3 Å². The zero-order valence-corrected chi connectivity index (χ0v) is 13.3. The summed E-state index contributed by atoms with van der Waals surface area (Å²) in [5.74, 6) is -0.272. The smallest absolute Gasteiger partial charge is 0.167 e. The minimum absolute atomic E-state index is 0. The normalized spacial score (nSPS) is 11.2. The Morgan fingerprint density at radius 1 is 1.15 bits per heavy atom. The van der Waals surface area contributed by atoms with E-state index >= 15 is 0 Å². The number of halogens is 1. The molecule has 0 amide bonds. The topological polar surface area (TPSA) is 37.4 Å². The number of benzene rings is 1. The SMILES string of the molecule is CC(=O)/C(=C\c1ccc(C)cc1)C(=O)CCN(C)C.Cl. The quantitative estimate of drug-likeness (QED) is 0.460.